The van der Waals surface area contributed by atoms with E-state index in [1.807, 2.05) is 0 Å². The second-order valence-electron chi connectivity index (χ2n) is 3.87. The number of hydrogen-bond acceptors (Lipinski definition) is 6. The van der Waals surface area contributed by atoms with E-state index in [-0.39, 0.29) is 18.0 Å². The summed E-state index contributed by atoms with van der Waals surface area (Å²) in [6, 6.07) is 4.24. The summed E-state index contributed by atoms with van der Waals surface area (Å²) in [5.41, 5.74) is 0.185. The van der Waals surface area contributed by atoms with Gasteiger partial charge in [0.25, 0.3) is 0 Å². The highest BCUT2D eigenvalue weighted by Crippen LogP contribution is 2.29. The number of aliphatic carboxylic acids is 1. The molecule has 0 amide bonds. The average molecular weight is 306 g/mol. The maximum absolute atomic E-state index is 11.0. The first-order valence-electron chi connectivity index (χ1n) is 5.77. The summed E-state index contributed by atoms with van der Waals surface area (Å²) in [5.74, 6) is -1.01. The van der Waals surface area contributed by atoms with E-state index in [9.17, 15) is 14.9 Å². The first-order valence-corrected chi connectivity index (χ1v) is 6.65. The van der Waals surface area contributed by atoms with Gasteiger partial charge in [-0.05, 0) is 17.7 Å². The van der Waals surface area contributed by atoms with Gasteiger partial charge < -0.3 is 9.84 Å². The van der Waals surface area contributed by atoms with E-state index in [1.54, 1.807) is 17.6 Å². The SMILES string of the molecule is O=C(O)/C=C/c1ccc(OCc2nccs2)c([N+](=O)[O-])c1. The molecule has 1 heterocycles. The maximum atomic E-state index is 11.0. The maximum Gasteiger partial charge on any atom is 0.328 e. The van der Waals surface area contributed by atoms with Gasteiger partial charge in [-0.25, -0.2) is 9.78 Å². The van der Waals surface area contributed by atoms with Crippen molar-refractivity contribution in [2.24, 2.45) is 0 Å². The largest absolute Gasteiger partial charge is 0.479 e. The van der Waals surface area contributed by atoms with E-state index in [0.717, 1.165) is 6.08 Å². The number of carbonyl (C=O) groups is 1. The molecule has 1 N–H and O–H groups in total. The van der Waals surface area contributed by atoms with Gasteiger partial charge in [-0.3, -0.25) is 10.1 Å². The van der Waals surface area contributed by atoms with Crippen LogP contribution in [0, 0.1) is 10.1 Å². The lowest BCUT2D eigenvalue weighted by molar-refractivity contribution is -0.386. The number of thiazole rings is 1. The van der Waals surface area contributed by atoms with Gasteiger partial charge >= 0.3 is 11.7 Å². The summed E-state index contributed by atoms with van der Waals surface area (Å²) in [4.78, 5) is 24.9. The minimum Gasteiger partial charge on any atom is -0.479 e. The summed E-state index contributed by atoms with van der Waals surface area (Å²) in [6.07, 6.45) is 3.81. The second-order valence-corrected chi connectivity index (χ2v) is 4.85. The molecule has 2 aromatic rings. The summed E-state index contributed by atoms with van der Waals surface area (Å²) in [6.45, 7) is 0.142. The third-order valence-corrected chi connectivity index (χ3v) is 3.19. The van der Waals surface area contributed by atoms with Crippen LogP contribution in [0.2, 0.25) is 0 Å². The number of carboxylic acid groups (broad SMARTS) is 1. The molecular weight excluding hydrogens is 296 g/mol. The van der Waals surface area contributed by atoms with Crippen molar-refractivity contribution in [3.63, 3.8) is 0 Å². The van der Waals surface area contributed by atoms with Gasteiger partial charge in [-0.15, -0.1) is 11.3 Å². The number of aromatic nitrogens is 1. The van der Waals surface area contributed by atoms with Crippen LogP contribution in [0.25, 0.3) is 6.08 Å². The molecule has 108 valence electrons. The van der Waals surface area contributed by atoms with Crippen LogP contribution < -0.4 is 4.74 Å². The zero-order valence-electron chi connectivity index (χ0n) is 10.6. The minimum absolute atomic E-state index is 0.114. The van der Waals surface area contributed by atoms with E-state index in [4.69, 9.17) is 9.84 Å². The Kier molecular flexibility index (Phi) is 4.62. The highest BCUT2D eigenvalue weighted by atomic mass is 32.1. The molecule has 0 spiro atoms. The second kappa shape index (κ2) is 6.62. The lowest BCUT2D eigenvalue weighted by Crippen LogP contribution is -1.99. The molecule has 0 atom stereocenters. The molecule has 7 nitrogen and oxygen atoms in total. The van der Waals surface area contributed by atoms with Crippen molar-refractivity contribution in [1.82, 2.24) is 4.98 Å². The topological polar surface area (TPSA) is 103 Å². The molecule has 2 rings (SSSR count). The van der Waals surface area contributed by atoms with Crippen LogP contribution in [-0.2, 0) is 11.4 Å². The van der Waals surface area contributed by atoms with Gasteiger partial charge in [0.15, 0.2) is 5.75 Å². The van der Waals surface area contributed by atoms with Crippen LogP contribution in [0.4, 0.5) is 5.69 Å². The van der Waals surface area contributed by atoms with E-state index in [1.165, 1.54) is 29.5 Å². The Morgan fingerprint density at radius 3 is 2.95 bits per heavy atom. The number of nitrogens with zero attached hydrogens (tertiary/aromatic N) is 2. The Bertz CT molecular complexity index is 682. The van der Waals surface area contributed by atoms with Gasteiger partial charge in [-0.1, -0.05) is 6.07 Å². The molecule has 0 aliphatic rings. The number of nitro groups is 1. The van der Waals surface area contributed by atoms with Gasteiger partial charge in [-0.2, -0.15) is 0 Å². The van der Waals surface area contributed by atoms with E-state index < -0.39 is 10.9 Å². The molecule has 1 aromatic carbocycles. The highest BCUT2D eigenvalue weighted by Gasteiger charge is 2.16. The van der Waals surface area contributed by atoms with Crippen molar-refractivity contribution in [3.05, 3.63) is 56.5 Å². The Labute approximate surface area is 123 Å². The Morgan fingerprint density at radius 2 is 2.33 bits per heavy atom. The van der Waals surface area contributed by atoms with Crippen molar-refractivity contribution in [3.8, 4) is 5.75 Å². The predicted molar refractivity (Wildman–Crippen MR) is 76.2 cm³/mol. The van der Waals surface area contributed by atoms with Crippen LogP contribution in [-0.4, -0.2) is 21.0 Å². The Balaban J connectivity index is 2.20. The van der Waals surface area contributed by atoms with Crippen LogP contribution in [0.5, 0.6) is 5.75 Å². The van der Waals surface area contributed by atoms with Crippen molar-refractivity contribution < 1.29 is 19.6 Å². The molecule has 0 unspecified atom stereocenters. The molecule has 0 saturated carbocycles. The summed E-state index contributed by atoms with van der Waals surface area (Å²) < 4.78 is 5.39. The number of rotatable bonds is 6. The molecule has 0 aliphatic heterocycles. The molecule has 8 heteroatoms. The van der Waals surface area contributed by atoms with Gasteiger partial charge in [0.1, 0.15) is 11.6 Å². The van der Waals surface area contributed by atoms with Gasteiger partial charge in [0, 0.05) is 23.7 Å². The minimum atomic E-state index is -1.12. The van der Waals surface area contributed by atoms with E-state index in [0.29, 0.717) is 10.6 Å². The van der Waals surface area contributed by atoms with Crippen LogP contribution in [0.1, 0.15) is 10.6 Å². The lowest BCUT2D eigenvalue weighted by Gasteiger charge is -2.05. The number of hydrogen-bond donors (Lipinski definition) is 1. The van der Waals surface area contributed by atoms with E-state index >= 15 is 0 Å². The number of benzene rings is 1. The predicted octanol–water partition coefficient (Wildman–Crippen LogP) is 2.73. The fourth-order valence-electron chi connectivity index (χ4n) is 1.53. The van der Waals surface area contributed by atoms with Crippen LogP contribution in [0.3, 0.4) is 0 Å². The Morgan fingerprint density at radius 1 is 1.52 bits per heavy atom. The fraction of sp³-hybridized carbons (Fsp3) is 0.0769. The van der Waals surface area contributed by atoms with Crippen molar-refractivity contribution >= 4 is 29.1 Å². The Hall–Kier alpha value is -2.74. The molecule has 0 radical (unpaired) electrons. The molecular formula is C13H10N2O5S. The first-order chi connectivity index (χ1) is 10.1. The summed E-state index contributed by atoms with van der Waals surface area (Å²) in [7, 11) is 0. The first kappa shape index (κ1) is 14.7. The molecule has 1 aromatic heterocycles. The van der Waals surface area contributed by atoms with E-state index in [2.05, 4.69) is 4.98 Å². The van der Waals surface area contributed by atoms with Crippen molar-refractivity contribution in [1.29, 1.82) is 0 Å². The van der Waals surface area contributed by atoms with Gasteiger partial charge in [0.2, 0.25) is 0 Å². The summed E-state index contributed by atoms with van der Waals surface area (Å²) >= 11 is 1.39. The fourth-order valence-corrected chi connectivity index (χ4v) is 2.06. The van der Waals surface area contributed by atoms with Gasteiger partial charge in [0.05, 0.1) is 4.92 Å². The summed E-state index contributed by atoms with van der Waals surface area (Å²) in [5, 5.41) is 22.1. The molecule has 0 fully saturated rings. The normalized spacial score (nSPS) is 10.7. The quantitative estimate of drug-likeness (QED) is 0.500. The monoisotopic (exact) mass is 306 g/mol. The van der Waals surface area contributed by atoms with Crippen molar-refractivity contribution in [2.75, 3.05) is 0 Å². The highest BCUT2D eigenvalue weighted by molar-refractivity contribution is 7.09. The average Bonchev–Trinajstić information content (AvgIpc) is 2.96. The zero-order valence-corrected chi connectivity index (χ0v) is 11.4. The zero-order chi connectivity index (χ0) is 15.2. The lowest BCUT2D eigenvalue weighted by atomic mass is 10.1. The molecule has 21 heavy (non-hydrogen) atoms. The van der Waals surface area contributed by atoms with Crippen molar-refractivity contribution in [2.45, 2.75) is 6.61 Å². The number of ether oxygens (including phenoxy) is 1. The third kappa shape index (κ3) is 4.11. The van der Waals surface area contributed by atoms with Crippen LogP contribution in [0.15, 0.2) is 35.9 Å². The molecule has 0 bridgehead atoms. The number of carboxylic acids is 1. The molecule has 0 aliphatic carbocycles. The standard InChI is InChI=1S/C13H10N2O5S/c16-13(17)4-2-9-1-3-11(10(7-9)15(18)19)20-8-12-14-5-6-21-12/h1-7H,8H2,(H,16,17)/b4-2+. The third-order valence-electron chi connectivity index (χ3n) is 2.43. The van der Waals surface area contributed by atoms with Crippen LogP contribution >= 0.6 is 11.3 Å². The number of nitro benzene ring substituents is 1. The smallest absolute Gasteiger partial charge is 0.328 e. The molecule has 0 saturated heterocycles.